The molecule has 1 atom stereocenters. The van der Waals surface area contributed by atoms with E-state index in [1.54, 1.807) is 30.3 Å². The molecular formula is C13H12N2O5S. The summed E-state index contributed by atoms with van der Waals surface area (Å²) in [5.74, 6) is 0. The largest absolute Gasteiger partial charge is 0.334 e. The van der Waals surface area contributed by atoms with Crippen LogP contribution in [0.3, 0.4) is 0 Å². The zero-order valence-electron chi connectivity index (χ0n) is 10.7. The van der Waals surface area contributed by atoms with Gasteiger partial charge in [0.15, 0.2) is 0 Å². The van der Waals surface area contributed by atoms with E-state index in [-0.39, 0.29) is 5.70 Å². The van der Waals surface area contributed by atoms with Crippen molar-refractivity contribution in [2.24, 2.45) is 0 Å². The van der Waals surface area contributed by atoms with Crippen molar-refractivity contribution < 1.29 is 17.9 Å². The number of hydrogen-bond donors (Lipinski definition) is 2. The van der Waals surface area contributed by atoms with Gasteiger partial charge >= 0.3 is 10.3 Å². The second-order valence-corrected chi connectivity index (χ2v) is 5.50. The lowest BCUT2D eigenvalue weighted by atomic mass is 9.98. The highest BCUT2D eigenvalue weighted by atomic mass is 32.2. The topological polar surface area (TPSA) is 110 Å². The van der Waals surface area contributed by atoms with Gasteiger partial charge in [0.25, 0.3) is 5.70 Å². The van der Waals surface area contributed by atoms with Gasteiger partial charge in [0.2, 0.25) is 0 Å². The minimum Gasteiger partial charge on any atom is -0.273 e. The first-order valence-electron chi connectivity index (χ1n) is 5.91. The molecule has 21 heavy (non-hydrogen) atoms. The first-order valence-corrected chi connectivity index (χ1v) is 7.35. The highest BCUT2D eigenvalue weighted by Crippen LogP contribution is 2.20. The number of rotatable bonds is 4. The average molecular weight is 308 g/mol. The van der Waals surface area contributed by atoms with Gasteiger partial charge in [-0.2, -0.15) is 13.1 Å². The Labute approximate surface area is 121 Å². The van der Waals surface area contributed by atoms with Crippen LogP contribution in [-0.4, -0.2) is 23.9 Å². The fourth-order valence-corrected chi connectivity index (χ4v) is 2.40. The highest BCUT2D eigenvalue weighted by molar-refractivity contribution is 7.83. The monoisotopic (exact) mass is 308 g/mol. The summed E-state index contributed by atoms with van der Waals surface area (Å²) in [6.45, 7) is 0. The lowest BCUT2D eigenvalue weighted by Gasteiger charge is -2.17. The fourth-order valence-electron chi connectivity index (χ4n) is 1.87. The Kier molecular flexibility index (Phi) is 4.32. The van der Waals surface area contributed by atoms with Crippen LogP contribution in [0.2, 0.25) is 0 Å². The lowest BCUT2D eigenvalue weighted by molar-refractivity contribution is -0.419. The zero-order chi connectivity index (χ0) is 15.5. The van der Waals surface area contributed by atoms with Gasteiger partial charge in [0.1, 0.15) is 0 Å². The normalized spacial score (nSPS) is 20.3. The third-order valence-electron chi connectivity index (χ3n) is 2.75. The van der Waals surface area contributed by atoms with Crippen LogP contribution in [0.25, 0.3) is 6.08 Å². The molecule has 110 valence electrons. The molecule has 0 saturated heterocycles. The predicted octanol–water partition coefficient (Wildman–Crippen LogP) is 1.56. The van der Waals surface area contributed by atoms with Crippen molar-refractivity contribution >= 4 is 16.4 Å². The summed E-state index contributed by atoms with van der Waals surface area (Å²) in [5, 5.41) is 10.8. The van der Waals surface area contributed by atoms with Crippen molar-refractivity contribution in [3.8, 4) is 0 Å². The minimum absolute atomic E-state index is 0.162. The molecule has 0 bridgehead atoms. The maximum absolute atomic E-state index is 10.9. The number of hydrogen-bond acceptors (Lipinski definition) is 4. The molecule has 0 fully saturated rings. The van der Waals surface area contributed by atoms with Gasteiger partial charge in [-0.3, -0.25) is 14.7 Å². The van der Waals surface area contributed by atoms with E-state index in [4.69, 9.17) is 4.55 Å². The van der Waals surface area contributed by atoms with Crippen molar-refractivity contribution in [3.63, 3.8) is 0 Å². The molecule has 1 aliphatic carbocycles. The quantitative estimate of drug-likeness (QED) is 0.498. The standard InChI is InChI=1S/C13H12N2O5S/c16-15(17)12-6-7-13(14-21(18,19)20)11(9-12)8-10-4-2-1-3-5-10/h1-9,13-14H,(H,18,19,20). The molecule has 2 N–H and O–H groups in total. The Hall–Kier alpha value is -2.29. The van der Waals surface area contributed by atoms with Gasteiger partial charge in [0, 0.05) is 12.2 Å². The molecule has 1 aromatic rings. The van der Waals surface area contributed by atoms with E-state index in [9.17, 15) is 18.5 Å². The third kappa shape index (κ3) is 4.35. The summed E-state index contributed by atoms with van der Waals surface area (Å²) in [6.07, 6.45) is 5.36. The molecule has 0 spiro atoms. The second-order valence-electron chi connectivity index (χ2n) is 4.31. The second kappa shape index (κ2) is 6.00. The molecular weight excluding hydrogens is 296 g/mol. The molecule has 7 nitrogen and oxygen atoms in total. The third-order valence-corrected chi connectivity index (χ3v) is 3.30. The van der Waals surface area contributed by atoms with Gasteiger partial charge in [0.05, 0.1) is 11.0 Å². The number of nitrogens with one attached hydrogen (secondary N) is 1. The number of nitro groups is 1. The van der Waals surface area contributed by atoms with Crippen LogP contribution in [-0.2, 0) is 10.3 Å². The molecule has 1 unspecified atom stereocenters. The molecule has 2 rings (SSSR count). The van der Waals surface area contributed by atoms with E-state index in [1.165, 1.54) is 18.2 Å². The van der Waals surface area contributed by atoms with E-state index in [0.717, 1.165) is 5.56 Å². The van der Waals surface area contributed by atoms with Gasteiger partial charge in [-0.05, 0) is 17.2 Å². The molecule has 0 aromatic heterocycles. The molecule has 0 saturated carbocycles. The SMILES string of the molecule is O=[N+]([O-])C1=CC(=Cc2ccccc2)C(NS(=O)(=O)O)C=C1. The summed E-state index contributed by atoms with van der Waals surface area (Å²) in [7, 11) is -4.43. The van der Waals surface area contributed by atoms with Crippen LogP contribution in [0.15, 0.2) is 59.8 Å². The van der Waals surface area contributed by atoms with E-state index < -0.39 is 21.3 Å². The molecule has 0 amide bonds. The van der Waals surface area contributed by atoms with E-state index in [2.05, 4.69) is 0 Å². The molecule has 8 heteroatoms. The first-order chi connectivity index (χ1) is 9.85. The van der Waals surface area contributed by atoms with Gasteiger partial charge in [-0.15, -0.1) is 0 Å². The minimum atomic E-state index is -4.43. The molecule has 0 radical (unpaired) electrons. The number of allylic oxidation sites excluding steroid dienone is 1. The molecule has 0 heterocycles. The summed E-state index contributed by atoms with van der Waals surface area (Å²) in [6, 6.07) is 8.06. The van der Waals surface area contributed by atoms with Crippen molar-refractivity contribution in [2.45, 2.75) is 6.04 Å². The Balaban J connectivity index is 2.41. The van der Waals surface area contributed by atoms with Gasteiger partial charge in [-0.1, -0.05) is 36.4 Å². The Morgan fingerprint density at radius 2 is 1.95 bits per heavy atom. The van der Waals surface area contributed by atoms with E-state index in [0.29, 0.717) is 5.57 Å². The fraction of sp³-hybridized carbons (Fsp3) is 0.0769. The van der Waals surface area contributed by atoms with Gasteiger partial charge in [-0.25, -0.2) is 0 Å². The lowest BCUT2D eigenvalue weighted by Crippen LogP contribution is -2.35. The summed E-state index contributed by atoms with van der Waals surface area (Å²) in [5.41, 5.74) is 0.947. The van der Waals surface area contributed by atoms with Crippen molar-refractivity contribution in [1.82, 2.24) is 4.72 Å². The van der Waals surface area contributed by atoms with Crippen LogP contribution in [0.1, 0.15) is 5.56 Å². The Morgan fingerprint density at radius 3 is 2.52 bits per heavy atom. The van der Waals surface area contributed by atoms with Crippen LogP contribution >= 0.6 is 0 Å². The summed E-state index contributed by atoms with van der Waals surface area (Å²) < 4.78 is 32.8. The smallest absolute Gasteiger partial charge is 0.273 e. The van der Waals surface area contributed by atoms with Crippen molar-refractivity contribution in [3.05, 3.63) is 75.5 Å². The summed E-state index contributed by atoms with van der Waals surface area (Å²) >= 11 is 0. The van der Waals surface area contributed by atoms with Gasteiger partial charge < -0.3 is 0 Å². The van der Waals surface area contributed by atoms with Crippen LogP contribution in [0.4, 0.5) is 0 Å². The van der Waals surface area contributed by atoms with E-state index >= 15 is 0 Å². The van der Waals surface area contributed by atoms with Crippen LogP contribution < -0.4 is 4.72 Å². The van der Waals surface area contributed by atoms with Crippen molar-refractivity contribution in [2.75, 3.05) is 0 Å². The highest BCUT2D eigenvalue weighted by Gasteiger charge is 2.22. The Morgan fingerprint density at radius 1 is 1.29 bits per heavy atom. The van der Waals surface area contributed by atoms with E-state index in [1.807, 2.05) is 10.8 Å². The van der Waals surface area contributed by atoms with Crippen molar-refractivity contribution in [1.29, 1.82) is 0 Å². The molecule has 0 aliphatic heterocycles. The summed E-state index contributed by atoms with van der Waals surface area (Å²) in [4.78, 5) is 10.2. The predicted molar refractivity (Wildman–Crippen MR) is 77.1 cm³/mol. The molecule has 1 aromatic carbocycles. The maximum atomic E-state index is 10.9. The average Bonchev–Trinajstić information content (AvgIpc) is 2.40. The maximum Gasteiger partial charge on any atom is 0.334 e. The first kappa shape index (κ1) is 15.1. The van der Waals surface area contributed by atoms with Crippen LogP contribution in [0, 0.1) is 10.1 Å². The number of nitrogens with zero attached hydrogens (tertiary/aromatic N) is 1. The Bertz CT molecular complexity index is 735. The number of benzene rings is 1. The molecule has 1 aliphatic rings. The zero-order valence-corrected chi connectivity index (χ0v) is 11.5. The van der Waals surface area contributed by atoms with Crippen LogP contribution in [0.5, 0.6) is 0 Å².